The Morgan fingerprint density at radius 2 is 2.25 bits per heavy atom. The number of aromatic nitrogens is 2. The van der Waals surface area contributed by atoms with Crippen molar-refractivity contribution in [2.45, 2.75) is 25.7 Å². The molecule has 0 radical (unpaired) electrons. The molecule has 2 heterocycles. The lowest BCUT2D eigenvalue weighted by molar-refractivity contribution is 0.314. The number of benzene rings is 1. The van der Waals surface area contributed by atoms with E-state index in [2.05, 4.69) is 15.5 Å². The Kier molecular flexibility index (Phi) is 4.33. The van der Waals surface area contributed by atoms with E-state index in [-0.39, 0.29) is 0 Å². The van der Waals surface area contributed by atoms with Gasteiger partial charge in [0.2, 0.25) is 5.89 Å². The number of hydrogen-bond donors (Lipinski definition) is 1. The molecular weight excluding hydrogens is 274 g/mol. The Bertz CT molecular complexity index is 564. The molecular formula is C15H18ClN3O. The number of halogens is 1. The first-order chi connectivity index (χ1) is 9.81. The van der Waals surface area contributed by atoms with Crippen LogP contribution in [0.1, 0.15) is 30.1 Å². The molecule has 0 spiro atoms. The van der Waals surface area contributed by atoms with Crippen LogP contribution in [0.5, 0.6) is 0 Å². The van der Waals surface area contributed by atoms with Gasteiger partial charge in [-0.1, -0.05) is 35.0 Å². The second-order valence-corrected chi connectivity index (χ2v) is 5.70. The second kappa shape index (κ2) is 6.37. The van der Waals surface area contributed by atoms with Crippen molar-refractivity contribution in [3.63, 3.8) is 0 Å². The van der Waals surface area contributed by atoms with Crippen LogP contribution in [-0.2, 0) is 12.8 Å². The second-order valence-electron chi connectivity index (χ2n) is 5.29. The fraction of sp³-hybridized carbons (Fsp3) is 0.467. The Balaban J connectivity index is 1.63. The molecule has 0 amide bonds. The smallest absolute Gasteiger partial charge is 0.226 e. The van der Waals surface area contributed by atoms with E-state index in [0.717, 1.165) is 36.0 Å². The van der Waals surface area contributed by atoms with Gasteiger partial charge >= 0.3 is 0 Å². The molecule has 0 aliphatic carbocycles. The highest BCUT2D eigenvalue weighted by Gasteiger charge is 2.17. The molecule has 1 atom stereocenters. The van der Waals surface area contributed by atoms with Gasteiger partial charge in [0.15, 0.2) is 5.82 Å². The average Bonchev–Trinajstić information content (AvgIpc) is 2.90. The van der Waals surface area contributed by atoms with Gasteiger partial charge in [0.05, 0.1) is 0 Å². The Morgan fingerprint density at radius 3 is 3.05 bits per heavy atom. The summed E-state index contributed by atoms with van der Waals surface area (Å²) in [6.45, 7) is 2.17. The van der Waals surface area contributed by atoms with Crippen LogP contribution in [0.3, 0.4) is 0 Å². The van der Waals surface area contributed by atoms with Crippen molar-refractivity contribution >= 4 is 11.6 Å². The molecule has 1 fully saturated rings. The quantitative estimate of drug-likeness (QED) is 0.941. The number of piperidine rings is 1. The third kappa shape index (κ3) is 3.38. The van der Waals surface area contributed by atoms with Crippen LogP contribution in [0, 0.1) is 5.92 Å². The summed E-state index contributed by atoms with van der Waals surface area (Å²) in [7, 11) is 0. The topological polar surface area (TPSA) is 51.0 Å². The first-order valence-electron chi connectivity index (χ1n) is 7.07. The van der Waals surface area contributed by atoms with E-state index in [1.807, 2.05) is 24.3 Å². The van der Waals surface area contributed by atoms with E-state index in [1.165, 1.54) is 12.8 Å². The van der Waals surface area contributed by atoms with Gasteiger partial charge in [-0.25, -0.2) is 0 Å². The molecule has 1 saturated heterocycles. The molecule has 1 aliphatic heterocycles. The summed E-state index contributed by atoms with van der Waals surface area (Å²) < 4.78 is 5.35. The minimum absolute atomic E-state index is 0.609. The molecule has 1 aliphatic rings. The van der Waals surface area contributed by atoms with Crippen molar-refractivity contribution in [1.29, 1.82) is 0 Å². The van der Waals surface area contributed by atoms with Crippen molar-refractivity contribution in [2.24, 2.45) is 5.92 Å². The molecule has 1 aromatic heterocycles. The van der Waals surface area contributed by atoms with Crippen LogP contribution in [0.15, 0.2) is 28.8 Å². The molecule has 20 heavy (non-hydrogen) atoms. The average molecular weight is 292 g/mol. The van der Waals surface area contributed by atoms with E-state index in [0.29, 0.717) is 18.2 Å². The maximum atomic E-state index is 6.14. The number of nitrogens with one attached hydrogen (secondary N) is 1. The largest absolute Gasteiger partial charge is 0.339 e. The first kappa shape index (κ1) is 13.6. The summed E-state index contributed by atoms with van der Waals surface area (Å²) in [6.07, 6.45) is 3.94. The van der Waals surface area contributed by atoms with Gasteiger partial charge in [-0.2, -0.15) is 4.98 Å². The minimum atomic E-state index is 0.609. The number of hydrogen-bond acceptors (Lipinski definition) is 4. The van der Waals surface area contributed by atoms with Crippen LogP contribution in [0.2, 0.25) is 5.02 Å². The van der Waals surface area contributed by atoms with Gasteiger partial charge in [-0.3, -0.25) is 0 Å². The fourth-order valence-corrected chi connectivity index (χ4v) is 2.80. The highest BCUT2D eigenvalue weighted by Crippen LogP contribution is 2.19. The molecule has 5 heteroatoms. The molecule has 1 aromatic carbocycles. The van der Waals surface area contributed by atoms with E-state index in [1.54, 1.807) is 0 Å². The molecule has 0 saturated carbocycles. The van der Waals surface area contributed by atoms with Gasteiger partial charge in [0.25, 0.3) is 0 Å². The molecule has 1 N–H and O–H groups in total. The van der Waals surface area contributed by atoms with Crippen molar-refractivity contribution in [3.8, 4) is 0 Å². The van der Waals surface area contributed by atoms with Crippen LogP contribution < -0.4 is 5.32 Å². The zero-order valence-corrected chi connectivity index (χ0v) is 12.1. The Hall–Kier alpha value is -1.39. The minimum Gasteiger partial charge on any atom is -0.339 e. The summed E-state index contributed by atoms with van der Waals surface area (Å²) in [5.74, 6) is 2.05. The SMILES string of the molecule is Clc1ccccc1Cc1noc(CC2CCCNC2)n1. The summed E-state index contributed by atoms with van der Waals surface area (Å²) in [5.41, 5.74) is 1.03. The maximum Gasteiger partial charge on any atom is 0.226 e. The Morgan fingerprint density at radius 1 is 1.35 bits per heavy atom. The third-order valence-corrected chi connectivity index (χ3v) is 4.05. The van der Waals surface area contributed by atoms with Crippen molar-refractivity contribution in [1.82, 2.24) is 15.5 Å². The highest BCUT2D eigenvalue weighted by atomic mass is 35.5. The normalized spacial score (nSPS) is 19.1. The van der Waals surface area contributed by atoms with Gasteiger partial charge in [0.1, 0.15) is 0 Å². The van der Waals surface area contributed by atoms with Gasteiger partial charge in [-0.05, 0) is 43.5 Å². The Labute approximate surface area is 123 Å². The molecule has 3 rings (SSSR count). The molecule has 1 unspecified atom stereocenters. The monoisotopic (exact) mass is 291 g/mol. The lowest BCUT2D eigenvalue weighted by Gasteiger charge is -2.20. The van der Waals surface area contributed by atoms with Crippen LogP contribution in [-0.4, -0.2) is 23.2 Å². The molecule has 0 bridgehead atoms. The maximum absolute atomic E-state index is 6.14. The lowest BCUT2D eigenvalue weighted by Crippen LogP contribution is -2.30. The van der Waals surface area contributed by atoms with Crippen molar-refractivity contribution in [2.75, 3.05) is 13.1 Å². The molecule has 106 valence electrons. The zero-order chi connectivity index (χ0) is 13.8. The summed E-state index contributed by atoms with van der Waals surface area (Å²) in [4.78, 5) is 4.48. The summed E-state index contributed by atoms with van der Waals surface area (Å²) in [6, 6.07) is 7.76. The van der Waals surface area contributed by atoms with E-state index in [9.17, 15) is 0 Å². The molecule has 2 aromatic rings. The van der Waals surface area contributed by atoms with Gasteiger partial charge in [-0.15, -0.1) is 0 Å². The first-order valence-corrected chi connectivity index (χ1v) is 7.44. The lowest BCUT2D eigenvalue weighted by atomic mass is 9.96. The van der Waals surface area contributed by atoms with Crippen LogP contribution >= 0.6 is 11.6 Å². The highest BCUT2D eigenvalue weighted by molar-refractivity contribution is 6.31. The van der Waals surface area contributed by atoms with Crippen molar-refractivity contribution in [3.05, 3.63) is 46.6 Å². The predicted octanol–water partition coefficient (Wildman–Crippen LogP) is 2.86. The third-order valence-electron chi connectivity index (χ3n) is 3.68. The summed E-state index contributed by atoms with van der Waals surface area (Å²) >= 11 is 6.14. The molecule has 4 nitrogen and oxygen atoms in total. The van der Waals surface area contributed by atoms with Crippen LogP contribution in [0.25, 0.3) is 0 Å². The van der Waals surface area contributed by atoms with E-state index < -0.39 is 0 Å². The van der Waals surface area contributed by atoms with Crippen molar-refractivity contribution < 1.29 is 4.52 Å². The van der Waals surface area contributed by atoms with Crippen LogP contribution in [0.4, 0.5) is 0 Å². The predicted molar refractivity (Wildman–Crippen MR) is 77.9 cm³/mol. The number of nitrogens with zero attached hydrogens (tertiary/aromatic N) is 2. The number of rotatable bonds is 4. The zero-order valence-electron chi connectivity index (χ0n) is 11.3. The van der Waals surface area contributed by atoms with Gasteiger partial charge < -0.3 is 9.84 Å². The standard InChI is InChI=1S/C15H18ClN3O/c16-13-6-2-1-5-12(13)9-14-18-15(20-19-14)8-11-4-3-7-17-10-11/h1-2,5-6,11,17H,3-4,7-10H2. The fourth-order valence-electron chi connectivity index (χ4n) is 2.60. The van der Waals surface area contributed by atoms with Gasteiger partial charge in [0, 0.05) is 17.9 Å². The summed E-state index contributed by atoms with van der Waals surface area (Å²) in [5, 5.41) is 8.20. The van der Waals surface area contributed by atoms with E-state index in [4.69, 9.17) is 16.1 Å². The van der Waals surface area contributed by atoms with E-state index >= 15 is 0 Å².